The average Bonchev–Trinajstić information content (AvgIpc) is 3.36. The number of piperidine rings is 1. The molecule has 2 aliphatic heterocycles. The molecule has 2 saturated heterocycles. The molecule has 2 aromatic carbocycles. The molecule has 0 spiro atoms. The molecule has 1 atom stereocenters. The standard InChI is InChI=1S/C31H35N3O4/c1-23(24-9-4-2-5-10-24)19-29(36)32-17-14-31(38,15-18-32)22-33-21-27(34-16-8-13-28(34)35)26(20-30(33)37)25-11-6-3-7-12-25/h2-7,9-12,20-21,23,38H,8,13-19,22H2,1H3/t23-/m1/s1. The lowest BCUT2D eigenvalue weighted by atomic mass is 9.90. The smallest absolute Gasteiger partial charge is 0.251 e. The second-order valence-electron chi connectivity index (χ2n) is 10.7. The van der Waals surface area contributed by atoms with Gasteiger partial charge in [-0.15, -0.1) is 0 Å². The first-order valence-corrected chi connectivity index (χ1v) is 13.5. The van der Waals surface area contributed by atoms with Crippen molar-refractivity contribution in [2.45, 2.75) is 57.1 Å². The summed E-state index contributed by atoms with van der Waals surface area (Å²) in [5, 5.41) is 11.4. The van der Waals surface area contributed by atoms with Gasteiger partial charge in [-0.25, -0.2) is 0 Å². The minimum absolute atomic E-state index is 0.0441. The maximum atomic E-state index is 13.2. The highest BCUT2D eigenvalue weighted by Crippen LogP contribution is 2.33. The lowest BCUT2D eigenvalue weighted by Gasteiger charge is -2.39. The minimum atomic E-state index is -1.10. The van der Waals surface area contributed by atoms with E-state index in [0.717, 1.165) is 23.1 Å². The van der Waals surface area contributed by atoms with Crippen LogP contribution in [0.1, 0.15) is 50.5 Å². The van der Waals surface area contributed by atoms with Crippen molar-refractivity contribution in [3.8, 4) is 11.1 Å². The van der Waals surface area contributed by atoms with E-state index in [-0.39, 0.29) is 29.8 Å². The molecule has 7 nitrogen and oxygen atoms in total. The van der Waals surface area contributed by atoms with Crippen molar-refractivity contribution in [2.24, 2.45) is 0 Å². The maximum Gasteiger partial charge on any atom is 0.251 e. The number of aromatic nitrogens is 1. The molecular formula is C31H35N3O4. The van der Waals surface area contributed by atoms with Crippen molar-refractivity contribution in [1.82, 2.24) is 9.47 Å². The predicted octanol–water partition coefficient (Wildman–Crippen LogP) is 4.19. The Bertz CT molecular complexity index is 1340. The number of hydrogen-bond donors (Lipinski definition) is 1. The number of benzene rings is 2. The van der Waals surface area contributed by atoms with E-state index in [0.29, 0.717) is 51.0 Å². The summed E-state index contributed by atoms with van der Waals surface area (Å²) in [6.45, 7) is 3.69. The Balaban J connectivity index is 1.30. The predicted molar refractivity (Wildman–Crippen MR) is 148 cm³/mol. The number of amides is 2. The number of likely N-dealkylation sites (tertiary alicyclic amines) is 1. The summed E-state index contributed by atoms with van der Waals surface area (Å²) in [5.41, 5.74) is 2.11. The van der Waals surface area contributed by atoms with Gasteiger partial charge in [0.15, 0.2) is 0 Å². The largest absolute Gasteiger partial charge is 0.388 e. The number of anilines is 1. The molecule has 0 bridgehead atoms. The van der Waals surface area contributed by atoms with E-state index >= 15 is 0 Å². The molecular weight excluding hydrogens is 478 g/mol. The fourth-order valence-electron chi connectivity index (χ4n) is 5.59. The summed E-state index contributed by atoms with van der Waals surface area (Å²) < 4.78 is 1.53. The molecule has 1 N–H and O–H groups in total. The molecule has 2 amide bonds. The van der Waals surface area contributed by atoms with E-state index in [4.69, 9.17) is 0 Å². The van der Waals surface area contributed by atoms with Crippen LogP contribution in [0, 0.1) is 0 Å². The first kappa shape index (κ1) is 25.9. The van der Waals surface area contributed by atoms with Crippen LogP contribution in [0.5, 0.6) is 0 Å². The Hall–Kier alpha value is -3.71. The molecule has 2 aliphatic rings. The summed E-state index contributed by atoms with van der Waals surface area (Å²) in [4.78, 5) is 42.3. The van der Waals surface area contributed by atoms with Gasteiger partial charge in [0.2, 0.25) is 11.8 Å². The molecule has 5 rings (SSSR count). The lowest BCUT2D eigenvalue weighted by Crippen LogP contribution is -2.49. The average molecular weight is 514 g/mol. The molecule has 3 aromatic rings. The number of nitrogens with zero attached hydrogens (tertiary/aromatic N) is 3. The van der Waals surface area contributed by atoms with E-state index in [9.17, 15) is 19.5 Å². The van der Waals surface area contributed by atoms with E-state index in [2.05, 4.69) is 6.92 Å². The summed E-state index contributed by atoms with van der Waals surface area (Å²) >= 11 is 0. The molecule has 0 saturated carbocycles. The lowest BCUT2D eigenvalue weighted by molar-refractivity contribution is -0.136. The molecule has 3 heterocycles. The molecule has 2 fully saturated rings. The van der Waals surface area contributed by atoms with E-state index in [1.165, 1.54) is 4.57 Å². The number of carbonyl (C=O) groups excluding carboxylic acids is 2. The Labute approximate surface area is 223 Å². The topological polar surface area (TPSA) is 82.8 Å². The van der Waals surface area contributed by atoms with Crippen LogP contribution in [0.3, 0.4) is 0 Å². The van der Waals surface area contributed by atoms with Crippen LogP contribution >= 0.6 is 0 Å². The van der Waals surface area contributed by atoms with Crippen molar-refractivity contribution in [3.63, 3.8) is 0 Å². The molecule has 0 radical (unpaired) electrons. The molecule has 38 heavy (non-hydrogen) atoms. The van der Waals surface area contributed by atoms with Crippen LogP contribution in [0.4, 0.5) is 5.69 Å². The first-order valence-electron chi connectivity index (χ1n) is 13.5. The van der Waals surface area contributed by atoms with Gasteiger partial charge >= 0.3 is 0 Å². The van der Waals surface area contributed by atoms with Gasteiger partial charge < -0.3 is 19.5 Å². The van der Waals surface area contributed by atoms with Crippen molar-refractivity contribution >= 4 is 17.5 Å². The zero-order valence-corrected chi connectivity index (χ0v) is 21.9. The highest BCUT2D eigenvalue weighted by atomic mass is 16.3. The third-order valence-electron chi connectivity index (χ3n) is 7.91. The Morgan fingerprint density at radius 2 is 1.63 bits per heavy atom. The summed E-state index contributed by atoms with van der Waals surface area (Å²) in [6.07, 6.45) is 4.21. The minimum Gasteiger partial charge on any atom is -0.388 e. The fourth-order valence-corrected chi connectivity index (χ4v) is 5.59. The van der Waals surface area contributed by atoms with Crippen LogP contribution in [0.15, 0.2) is 77.7 Å². The van der Waals surface area contributed by atoms with Crippen LogP contribution in [0.25, 0.3) is 11.1 Å². The van der Waals surface area contributed by atoms with Crippen molar-refractivity contribution < 1.29 is 14.7 Å². The molecule has 1 aromatic heterocycles. The normalized spacial score (nSPS) is 18.0. The van der Waals surface area contributed by atoms with Gasteiger partial charge in [0.05, 0.1) is 17.8 Å². The van der Waals surface area contributed by atoms with Gasteiger partial charge in [0.1, 0.15) is 0 Å². The SMILES string of the molecule is C[C@H](CC(=O)N1CCC(O)(Cn2cc(N3CCCC3=O)c(-c3ccccc3)cc2=O)CC1)c1ccccc1. The van der Waals surface area contributed by atoms with Gasteiger partial charge in [0, 0.05) is 50.3 Å². The Kier molecular flexibility index (Phi) is 7.47. The van der Waals surface area contributed by atoms with Crippen LogP contribution in [0.2, 0.25) is 0 Å². The van der Waals surface area contributed by atoms with E-state index < -0.39 is 5.60 Å². The Morgan fingerprint density at radius 3 is 2.26 bits per heavy atom. The zero-order valence-electron chi connectivity index (χ0n) is 21.9. The van der Waals surface area contributed by atoms with Gasteiger partial charge in [0.25, 0.3) is 5.56 Å². The van der Waals surface area contributed by atoms with E-state index in [1.807, 2.05) is 65.6 Å². The quantitative estimate of drug-likeness (QED) is 0.514. The number of aliphatic hydroxyl groups is 1. The summed E-state index contributed by atoms with van der Waals surface area (Å²) in [5.74, 6) is 0.253. The van der Waals surface area contributed by atoms with Crippen molar-refractivity contribution in [1.29, 1.82) is 0 Å². The molecule has 7 heteroatoms. The summed E-state index contributed by atoms with van der Waals surface area (Å²) in [6, 6.07) is 21.2. The molecule has 0 aliphatic carbocycles. The van der Waals surface area contributed by atoms with Crippen molar-refractivity contribution in [3.05, 3.63) is 88.8 Å². The van der Waals surface area contributed by atoms with Gasteiger partial charge in [-0.2, -0.15) is 0 Å². The van der Waals surface area contributed by atoms with Crippen LogP contribution < -0.4 is 10.5 Å². The first-order chi connectivity index (χ1) is 18.3. The Morgan fingerprint density at radius 1 is 0.974 bits per heavy atom. The molecule has 198 valence electrons. The third kappa shape index (κ3) is 5.58. The van der Waals surface area contributed by atoms with E-state index in [1.54, 1.807) is 17.2 Å². The van der Waals surface area contributed by atoms with Gasteiger partial charge in [-0.1, -0.05) is 67.6 Å². The number of carbonyl (C=O) groups is 2. The number of rotatable bonds is 7. The second kappa shape index (κ2) is 11.0. The second-order valence-corrected chi connectivity index (χ2v) is 10.7. The van der Waals surface area contributed by atoms with Gasteiger partial charge in [-0.3, -0.25) is 14.4 Å². The maximum absolute atomic E-state index is 13.2. The highest BCUT2D eigenvalue weighted by Gasteiger charge is 2.35. The summed E-state index contributed by atoms with van der Waals surface area (Å²) in [7, 11) is 0. The molecule has 0 unspecified atom stereocenters. The highest BCUT2D eigenvalue weighted by molar-refractivity contribution is 5.99. The number of hydrogen-bond acceptors (Lipinski definition) is 4. The van der Waals surface area contributed by atoms with Crippen LogP contribution in [-0.2, 0) is 16.1 Å². The monoisotopic (exact) mass is 513 g/mol. The zero-order chi connectivity index (χ0) is 26.7. The number of pyridine rings is 1. The van der Waals surface area contributed by atoms with Gasteiger partial charge in [-0.05, 0) is 36.3 Å². The third-order valence-corrected chi connectivity index (χ3v) is 7.91. The van der Waals surface area contributed by atoms with Crippen LogP contribution in [-0.4, -0.2) is 51.6 Å². The van der Waals surface area contributed by atoms with Crippen molar-refractivity contribution in [2.75, 3.05) is 24.5 Å². The fraction of sp³-hybridized carbons (Fsp3) is 0.387.